The van der Waals surface area contributed by atoms with E-state index in [1.807, 2.05) is 78.8 Å². The van der Waals surface area contributed by atoms with Crippen LogP contribution in [0, 0.1) is 27.7 Å². The summed E-state index contributed by atoms with van der Waals surface area (Å²) >= 11 is 0. The summed E-state index contributed by atoms with van der Waals surface area (Å²) in [5, 5.41) is 2.95. The van der Waals surface area contributed by atoms with Gasteiger partial charge in [0.15, 0.2) is 0 Å². The summed E-state index contributed by atoms with van der Waals surface area (Å²) in [6.45, 7) is 14.7. The fourth-order valence-electron chi connectivity index (χ4n) is 4.31. The van der Waals surface area contributed by atoms with Crippen molar-refractivity contribution in [1.82, 2.24) is 10.2 Å². The molecule has 7 nitrogen and oxygen atoms in total. The van der Waals surface area contributed by atoms with Crippen LogP contribution in [0.15, 0.2) is 71.6 Å². The smallest absolute Gasteiger partial charge is 0.264 e. The molecule has 0 aliphatic heterocycles. The molecule has 0 saturated heterocycles. The number of carbonyl (C=O) groups is 2. The van der Waals surface area contributed by atoms with Gasteiger partial charge in [-0.2, -0.15) is 0 Å². The zero-order chi connectivity index (χ0) is 29.8. The average molecular weight is 564 g/mol. The molecule has 8 heteroatoms. The quantitative estimate of drug-likeness (QED) is 0.375. The number of amides is 2. The van der Waals surface area contributed by atoms with Crippen LogP contribution >= 0.6 is 0 Å². The summed E-state index contributed by atoms with van der Waals surface area (Å²) in [7, 11) is -4.10. The minimum absolute atomic E-state index is 0.0906. The zero-order valence-corrected chi connectivity index (χ0v) is 25.6. The molecule has 1 atom stereocenters. The third-order valence-electron chi connectivity index (χ3n) is 6.77. The molecular formula is C32H41N3O4S. The Balaban J connectivity index is 2.07. The maximum atomic E-state index is 14.1. The second kappa shape index (κ2) is 12.3. The normalized spacial score (nSPS) is 12.5. The second-order valence-corrected chi connectivity index (χ2v) is 13.4. The minimum Gasteiger partial charge on any atom is -0.350 e. The third kappa shape index (κ3) is 7.72. The van der Waals surface area contributed by atoms with Gasteiger partial charge in [0.1, 0.15) is 12.6 Å². The van der Waals surface area contributed by atoms with Crippen LogP contribution in [0.4, 0.5) is 5.69 Å². The van der Waals surface area contributed by atoms with Gasteiger partial charge in [-0.3, -0.25) is 13.9 Å². The van der Waals surface area contributed by atoms with E-state index in [0.717, 1.165) is 32.1 Å². The summed E-state index contributed by atoms with van der Waals surface area (Å²) in [6.07, 6.45) is 0. The lowest BCUT2D eigenvalue weighted by molar-refractivity contribution is -0.140. The number of benzene rings is 3. The highest BCUT2D eigenvalue weighted by molar-refractivity contribution is 7.92. The highest BCUT2D eigenvalue weighted by atomic mass is 32.2. The van der Waals surface area contributed by atoms with Crippen LogP contribution in [0.5, 0.6) is 0 Å². The molecule has 40 heavy (non-hydrogen) atoms. The summed E-state index contributed by atoms with van der Waals surface area (Å²) in [4.78, 5) is 28.8. The van der Waals surface area contributed by atoms with Gasteiger partial charge >= 0.3 is 0 Å². The fourth-order valence-corrected chi connectivity index (χ4v) is 5.72. The number of carbonyl (C=O) groups excluding carboxylic acids is 2. The first-order chi connectivity index (χ1) is 18.6. The first-order valence-corrected chi connectivity index (χ1v) is 14.9. The summed E-state index contributed by atoms with van der Waals surface area (Å²) in [5.41, 5.74) is 4.61. The van der Waals surface area contributed by atoms with Crippen molar-refractivity contribution in [3.8, 4) is 0 Å². The van der Waals surface area contributed by atoms with Crippen LogP contribution in [0.25, 0.3) is 0 Å². The Bertz CT molecular complexity index is 1470. The maximum absolute atomic E-state index is 14.1. The topological polar surface area (TPSA) is 86.8 Å². The van der Waals surface area contributed by atoms with Gasteiger partial charge < -0.3 is 10.2 Å². The highest BCUT2D eigenvalue weighted by Crippen LogP contribution is 2.27. The first kappa shape index (κ1) is 30.9. The molecule has 0 aliphatic rings. The van der Waals surface area contributed by atoms with Crippen LogP contribution in [0.1, 0.15) is 55.5 Å². The van der Waals surface area contributed by atoms with Crippen LogP contribution in [0.2, 0.25) is 0 Å². The fraction of sp³-hybridized carbons (Fsp3) is 0.375. The molecule has 1 N–H and O–H groups in total. The Hall–Kier alpha value is -3.65. The number of hydrogen-bond acceptors (Lipinski definition) is 4. The van der Waals surface area contributed by atoms with E-state index in [1.54, 1.807) is 43.3 Å². The van der Waals surface area contributed by atoms with Crippen molar-refractivity contribution in [2.75, 3.05) is 10.8 Å². The molecule has 0 fully saturated rings. The summed E-state index contributed by atoms with van der Waals surface area (Å²) < 4.78 is 29.1. The van der Waals surface area contributed by atoms with E-state index in [9.17, 15) is 18.0 Å². The van der Waals surface area contributed by atoms with E-state index in [0.29, 0.717) is 5.69 Å². The van der Waals surface area contributed by atoms with E-state index in [4.69, 9.17) is 0 Å². The van der Waals surface area contributed by atoms with Crippen LogP contribution in [-0.2, 0) is 26.2 Å². The minimum atomic E-state index is -4.10. The van der Waals surface area contributed by atoms with Crippen molar-refractivity contribution in [2.45, 2.75) is 78.4 Å². The lowest BCUT2D eigenvalue weighted by Crippen LogP contribution is -2.54. The third-order valence-corrected chi connectivity index (χ3v) is 8.56. The monoisotopic (exact) mass is 563 g/mol. The molecule has 0 bridgehead atoms. The lowest BCUT2D eigenvalue weighted by atomic mass is 10.1. The average Bonchev–Trinajstić information content (AvgIpc) is 2.86. The van der Waals surface area contributed by atoms with Gasteiger partial charge in [-0.05, 0) is 96.3 Å². The Morgan fingerprint density at radius 3 is 2.08 bits per heavy atom. The molecule has 0 saturated carbocycles. The van der Waals surface area contributed by atoms with Gasteiger partial charge in [-0.15, -0.1) is 0 Å². The van der Waals surface area contributed by atoms with E-state index < -0.39 is 34.1 Å². The number of rotatable bonds is 9. The van der Waals surface area contributed by atoms with E-state index >= 15 is 0 Å². The summed E-state index contributed by atoms with van der Waals surface area (Å²) in [5.74, 6) is -0.792. The van der Waals surface area contributed by atoms with Crippen LogP contribution < -0.4 is 9.62 Å². The standard InChI is InChI=1S/C32H41N3O4S/c1-22-12-16-29(17-13-22)40(38,39)35(28-15-14-24(3)25(4)19-28)21-30(36)34(20-27-11-9-10-23(2)18-27)26(5)31(37)33-32(6,7)8/h9-19,26H,20-21H2,1-8H3,(H,33,37)/t26-/m1/s1. The molecular weight excluding hydrogens is 522 g/mol. The molecule has 3 aromatic rings. The van der Waals surface area contributed by atoms with Gasteiger partial charge in [0.05, 0.1) is 10.6 Å². The number of sulfonamides is 1. The SMILES string of the molecule is Cc1ccc(S(=O)(=O)N(CC(=O)N(Cc2cccc(C)c2)[C@H](C)C(=O)NC(C)(C)C)c2ccc(C)c(C)c2)cc1. The first-order valence-electron chi connectivity index (χ1n) is 13.4. The molecule has 0 heterocycles. The Morgan fingerprint density at radius 2 is 1.50 bits per heavy atom. The molecule has 2 amide bonds. The van der Waals surface area contributed by atoms with E-state index in [1.165, 1.54) is 4.90 Å². The molecule has 0 aromatic heterocycles. The number of aryl methyl sites for hydroxylation is 4. The predicted molar refractivity (Wildman–Crippen MR) is 161 cm³/mol. The molecule has 214 valence electrons. The van der Waals surface area contributed by atoms with Crippen molar-refractivity contribution in [2.24, 2.45) is 0 Å². The van der Waals surface area contributed by atoms with Crippen molar-refractivity contribution in [1.29, 1.82) is 0 Å². The van der Waals surface area contributed by atoms with Crippen molar-refractivity contribution >= 4 is 27.5 Å². The van der Waals surface area contributed by atoms with Crippen molar-refractivity contribution < 1.29 is 18.0 Å². The number of nitrogens with zero attached hydrogens (tertiary/aromatic N) is 2. The summed E-state index contributed by atoms with van der Waals surface area (Å²) in [6, 6.07) is 18.8. The highest BCUT2D eigenvalue weighted by Gasteiger charge is 2.33. The van der Waals surface area contributed by atoms with E-state index in [-0.39, 0.29) is 17.3 Å². The van der Waals surface area contributed by atoms with Crippen molar-refractivity contribution in [3.05, 3.63) is 94.5 Å². The van der Waals surface area contributed by atoms with Crippen LogP contribution in [0.3, 0.4) is 0 Å². The Kier molecular flexibility index (Phi) is 9.46. The second-order valence-electron chi connectivity index (χ2n) is 11.5. The molecule has 0 aliphatic carbocycles. The van der Waals surface area contributed by atoms with Gasteiger partial charge in [0, 0.05) is 12.1 Å². The predicted octanol–water partition coefficient (Wildman–Crippen LogP) is 5.45. The largest absolute Gasteiger partial charge is 0.350 e. The number of hydrogen-bond donors (Lipinski definition) is 1. The lowest BCUT2D eigenvalue weighted by Gasteiger charge is -2.33. The van der Waals surface area contributed by atoms with Crippen molar-refractivity contribution in [3.63, 3.8) is 0 Å². The van der Waals surface area contributed by atoms with E-state index in [2.05, 4.69) is 5.32 Å². The number of anilines is 1. The molecule has 0 spiro atoms. The van der Waals surface area contributed by atoms with Gasteiger partial charge in [0.2, 0.25) is 11.8 Å². The van der Waals surface area contributed by atoms with Gasteiger partial charge in [0.25, 0.3) is 10.0 Å². The number of nitrogens with one attached hydrogen (secondary N) is 1. The molecule has 0 unspecified atom stereocenters. The zero-order valence-electron chi connectivity index (χ0n) is 24.8. The maximum Gasteiger partial charge on any atom is 0.264 e. The molecule has 3 rings (SSSR count). The molecule has 3 aromatic carbocycles. The van der Waals surface area contributed by atoms with Gasteiger partial charge in [-0.25, -0.2) is 8.42 Å². The van der Waals surface area contributed by atoms with Crippen LogP contribution in [-0.4, -0.2) is 43.3 Å². The Morgan fingerprint density at radius 1 is 0.850 bits per heavy atom. The molecule has 0 radical (unpaired) electrons. The Labute approximate surface area is 239 Å². The van der Waals surface area contributed by atoms with Gasteiger partial charge in [-0.1, -0.05) is 53.6 Å².